The van der Waals surface area contributed by atoms with Crippen molar-refractivity contribution in [1.82, 2.24) is 10.3 Å². The second-order valence-corrected chi connectivity index (χ2v) is 7.54. The molecule has 0 aliphatic heterocycles. The molecular weight excluding hydrogens is 410 g/mol. The van der Waals surface area contributed by atoms with Crippen molar-refractivity contribution in [3.63, 3.8) is 0 Å². The third kappa shape index (κ3) is 4.41. The van der Waals surface area contributed by atoms with Crippen LogP contribution >= 0.6 is 12.2 Å². The summed E-state index contributed by atoms with van der Waals surface area (Å²) in [6.45, 7) is 3.97. The van der Waals surface area contributed by atoms with Gasteiger partial charge in [0.05, 0.1) is 12.7 Å². The van der Waals surface area contributed by atoms with Gasteiger partial charge in [-0.2, -0.15) is 0 Å². The van der Waals surface area contributed by atoms with Crippen LogP contribution in [0.1, 0.15) is 21.5 Å². The topological polar surface area (TPSA) is 76.4 Å². The number of fused-ring (bicyclic) bond motifs is 1. The minimum Gasteiger partial charge on any atom is -0.496 e. The number of ether oxygens (including phenoxy) is 1. The molecule has 0 unspecified atom stereocenters. The molecule has 31 heavy (non-hydrogen) atoms. The molecule has 4 aromatic rings. The van der Waals surface area contributed by atoms with E-state index in [1.165, 1.54) is 7.11 Å². The summed E-state index contributed by atoms with van der Waals surface area (Å²) >= 11 is 5.36. The third-order valence-corrected chi connectivity index (χ3v) is 5.06. The fourth-order valence-electron chi connectivity index (χ4n) is 3.21. The molecule has 4 rings (SSSR count). The molecular formula is C24H21N3O3S. The molecule has 0 aliphatic carbocycles. The molecule has 0 atom stereocenters. The van der Waals surface area contributed by atoms with Gasteiger partial charge in [-0.3, -0.25) is 10.1 Å². The monoisotopic (exact) mass is 431 g/mol. The van der Waals surface area contributed by atoms with E-state index < -0.39 is 0 Å². The van der Waals surface area contributed by atoms with E-state index in [9.17, 15) is 4.79 Å². The van der Waals surface area contributed by atoms with Crippen molar-refractivity contribution in [2.24, 2.45) is 0 Å². The molecule has 0 saturated carbocycles. The van der Waals surface area contributed by atoms with Crippen molar-refractivity contribution in [2.45, 2.75) is 13.8 Å². The first-order valence-electron chi connectivity index (χ1n) is 9.68. The van der Waals surface area contributed by atoms with Gasteiger partial charge < -0.3 is 14.5 Å². The van der Waals surface area contributed by atoms with Gasteiger partial charge in [0.2, 0.25) is 5.89 Å². The van der Waals surface area contributed by atoms with Gasteiger partial charge in [0, 0.05) is 11.3 Å². The van der Waals surface area contributed by atoms with Gasteiger partial charge >= 0.3 is 0 Å². The van der Waals surface area contributed by atoms with E-state index in [4.69, 9.17) is 21.4 Å². The summed E-state index contributed by atoms with van der Waals surface area (Å²) in [6, 6.07) is 18.6. The normalized spacial score (nSPS) is 10.7. The van der Waals surface area contributed by atoms with Gasteiger partial charge in [-0.1, -0.05) is 24.3 Å². The zero-order valence-corrected chi connectivity index (χ0v) is 18.2. The van der Waals surface area contributed by atoms with E-state index in [0.29, 0.717) is 17.2 Å². The molecule has 3 aromatic carbocycles. The molecule has 0 saturated heterocycles. The molecule has 0 bridgehead atoms. The average Bonchev–Trinajstić information content (AvgIpc) is 3.18. The summed E-state index contributed by atoms with van der Waals surface area (Å²) in [7, 11) is 1.52. The highest BCUT2D eigenvalue weighted by Crippen LogP contribution is 2.28. The van der Waals surface area contributed by atoms with E-state index in [-0.39, 0.29) is 11.0 Å². The Balaban J connectivity index is 1.54. The molecule has 1 aromatic heterocycles. The summed E-state index contributed by atoms with van der Waals surface area (Å²) in [5.74, 6) is 0.651. The van der Waals surface area contributed by atoms with E-state index >= 15 is 0 Å². The highest BCUT2D eigenvalue weighted by molar-refractivity contribution is 7.80. The third-order valence-electron chi connectivity index (χ3n) is 4.85. The maximum atomic E-state index is 12.6. The number of aromatic nitrogens is 1. The molecule has 0 fully saturated rings. The summed E-state index contributed by atoms with van der Waals surface area (Å²) in [5.41, 5.74) is 5.59. The summed E-state index contributed by atoms with van der Waals surface area (Å²) < 4.78 is 11.1. The number of amides is 1. The fourth-order valence-corrected chi connectivity index (χ4v) is 3.41. The Morgan fingerprint density at radius 2 is 1.87 bits per heavy atom. The number of benzene rings is 3. The number of carbonyl (C=O) groups is 1. The van der Waals surface area contributed by atoms with Crippen molar-refractivity contribution < 1.29 is 13.9 Å². The Morgan fingerprint density at radius 1 is 1.06 bits per heavy atom. The first kappa shape index (κ1) is 20.6. The molecule has 6 nitrogen and oxygen atoms in total. The zero-order valence-electron chi connectivity index (χ0n) is 17.4. The Bertz CT molecular complexity index is 1300. The molecule has 1 amide bonds. The minimum absolute atomic E-state index is 0.185. The maximum absolute atomic E-state index is 12.6. The van der Waals surface area contributed by atoms with Gasteiger partial charge in [0.15, 0.2) is 10.7 Å². The van der Waals surface area contributed by atoms with Gasteiger partial charge in [-0.15, -0.1) is 0 Å². The van der Waals surface area contributed by atoms with Gasteiger partial charge in [0.25, 0.3) is 5.91 Å². The highest BCUT2D eigenvalue weighted by atomic mass is 32.1. The number of thiocarbonyl (C=S) groups is 1. The molecule has 7 heteroatoms. The number of nitrogens with zero attached hydrogens (tertiary/aromatic N) is 1. The lowest BCUT2D eigenvalue weighted by molar-refractivity contribution is 0.0975. The summed E-state index contributed by atoms with van der Waals surface area (Å²) in [5, 5.41) is 5.97. The van der Waals surface area contributed by atoms with Crippen LogP contribution in [0.3, 0.4) is 0 Å². The SMILES string of the molecule is COc1ccccc1C(=O)NC(=S)Nc1cc(-c2nc3cc(C)ccc3o2)ccc1C. The van der Waals surface area contributed by atoms with E-state index in [1.54, 1.807) is 24.3 Å². The lowest BCUT2D eigenvalue weighted by atomic mass is 10.1. The summed E-state index contributed by atoms with van der Waals surface area (Å²) in [4.78, 5) is 17.2. The number of oxazole rings is 1. The van der Waals surface area contributed by atoms with Crippen LogP contribution in [-0.4, -0.2) is 23.1 Å². The van der Waals surface area contributed by atoms with Crippen molar-refractivity contribution in [1.29, 1.82) is 0 Å². The van der Waals surface area contributed by atoms with Crippen LogP contribution in [0.2, 0.25) is 0 Å². The minimum atomic E-state index is -0.349. The van der Waals surface area contributed by atoms with Gasteiger partial charge in [0.1, 0.15) is 11.3 Å². The quantitative estimate of drug-likeness (QED) is 0.430. The largest absolute Gasteiger partial charge is 0.496 e. The molecule has 1 heterocycles. The number of nitrogens with one attached hydrogen (secondary N) is 2. The summed E-state index contributed by atoms with van der Waals surface area (Å²) in [6.07, 6.45) is 0. The number of rotatable bonds is 4. The fraction of sp³-hybridized carbons (Fsp3) is 0.125. The number of carbonyl (C=O) groups excluding carboxylic acids is 1. The van der Waals surface area contributed by atoms with Crippen LogP contribution < -0.4 is 15.4 Å². The average molecular weight is 432 g/mol. The van der Waals surface area contributed by atoms with Crippen molar-refractivity contribution in [2.75, 3.05) is 12.4 Å². The predicted octanol–water partition coefficient (Wildman–Crippen LogP) is 5.25. The van der Waals surface area contributed by atoms with Crippen molar-refractivity contribution in [3.05, 3.63) is 77.4 Å². The van der Waals surface area contributed by atoms with Crippen LogP contribution in [0.25, 0.3) is 22.6 Å². The smallest absolute Gasteiger partial charge is 0.261 e. The van der Waals surface area contributed by atoms with E-state index in [2.05, 4.69) is 15.6 Å². The first-order valence-corrected chi connectivity index (χ1v) is 10.1. The molecule has 2 N–H and O–H groups in total. The number of aryl methyl sites for hydroxylation is 2. The number of hydrogen-bond donors (Lipinski definition) is 2. The van der Waals surface area contributed by atoms with Gasteiger partial charge in [-0.05, 0) is 73.6 Å². The predicted molar refractivity (Wildman–Crippen MR) is 126 cm³/mol. The molecule has 0 spiro atoms. The van der Waals surface area contributed by atoms with Crippen LogP contribution in [0.15, 0.2) is 65.1 Å². The zero-order chi connectivity index (χ0) is 22.0. The highest BCUT2D eigenvalue weighted by Gasteiger charge is 2.14. The Labute approximate surface area is 185 Å². The lowest BCUT2D eigenvalue weighted by Gasteiger charge is -2.13. The lowest BCUT2D eigenvalue weighted by Crippen LogP contribution is -2.34. The maximum Gasteiger partial charge on any atom is 0.261 e. The Morgan fingerprint density at radius 3 is 2.68 bits per heavy atom. The van der Waals surface area contributed by atoms with Crippen LogP contribution in [0, 0.1) is 13.8 Å². The molecule has 0 radical (unpaired) electrons. The Kier molecular flexibility index (Phi) is 5.68. The first-order chi connectivity index (χ1) is 14.9. The van der Waals surface area contributed by atoms with E-state index in [0.717, 1.165) is 33.5 Å². The molecule has 0 aliphatic rings. The van der Waals surface area contributed by atoms with Crippen molar-refractivity contribution in [3.8, 4) is 17.2 Å². The Hall–Kier alpha value is -3.71. The number of para-hydroxylation sites is 1. The number of anilines is 1. The standard InChI is InChI=1S/C24H21N3O3S/c1-14-8-11-21-19(12-14)25-23(30-21)16-10-9-15(2)18(13-16)26-24(31)27-22(28)17-6-4-5-7-20(17)29-3/h4-13H,1-3H3,(H2,26,27,28,31). The van der Waals surface area contributed by atoms with E-state index in [1.807, 2.05) is 50.2 Å². The number of hydrogen-bond acceptors (Lipinski definition) is 5. The van der Waals surface area contributed by atoms with Gasteiger partial charge in [-0.25, -0.2) is 4.98 Å². The van der Waals surface area contributed by atoms with Crippen LogP contribution in [0.5, 0.6) is 5.75 Å². The van der Waals surface area contributed by atoms with Crippen LogP contribution in [-0.2, 0) is 0 Å². The molecule has 156 valence electrons. The number of methoxy groups -OCH3 is 1. The second-order valence-electron chi connectivity index (χ2n) is 7.13. The van der Waals surface area contributed by atoms with Crippen molar-refractivity contribution >= 4 is 40.0 Å². The second kappa shape index (κ2) is 8.57. The van der Waals surface area contributed by atoms with Crippen LogP contribution in [0.4, 0.5) is 5.69 Å².